The summed E-state index contributed by atoms with van der Waals surface area (Å²) in [5.74, 6) is -6.01. The van der Waals surface area contributed by atoms with Gasteiger partial charge in [0, 0.05) is 11.6 Å². The summed E-state index contributed by atoms with van der Waals surface area (Å²) in [7, 11) is 0. The number of carbonyl (C=O) groups excluding carboxylic acids is 1. The minimum absolute atomic E-state index is 0.0352. The SMILES string of the molecule is CC(C)Oc1cc(-c2c(CO)ccc(C(C)NC(=O)c3ccc(F)c(C(F)(F)F)c3)c2-c2cc(F)cc(OC(F)(F)C(F)F)c2)ccc1F. The lowest BCUT2D eigenvalue weighted by Gasteiger charge is -2.25. The van der Waals surface area contributed by atoms with E-state index < -0.39 is 77.7 Å². The Hall–Kier alpha value is -4.79. The van der Waals surface area contributed by atoms with Crippen LogP contribution < -0.4 is 14.8 Å². The maximum absolute atomic E-state index is 15.0. The number of ether oxygens (including phenoxy) is 2. The molecule has 0 aliphatic carbocycles. The maximum atomic E-state index is 15.0. The summed E-state index contributed by atoms with van der Waals surface area (Å²) in [6.07, 6.45) is -15.0. The van der Waals surface area contributed by atoms with Gasteiger partial charge in [-0.25, -0.2) is 13.2 Å². The average molecular weight is 704 g/mol. The number of hydrogen-bond acceptors (Lipinski definition) is 4. The summed E-state index contributed by atoms with van der Waals surface area (Å²) in [6.45, 7) is 3.89. The Morgan fingerprint density at radius 1 is 0.816 bits per heavy atom. The second kappa shape index (κ2) is 14.4. The minimum atomic E-state index is -5.13. The van der Waals surface area contributed by atoms with E-state index in [1.807, 2.05) is 0 Å². The van der Waals surface area contributed by atoms with Gasteiger partial charge in [-0.2, -0.15) is 30.7 Å². The Morgan fingerprint density at radius 2 is 1.49 bits per heavy atom. The highest BCUT2D eigenvalue weighted by atomic mass is 19.4. The molecular weight excluding hydrogens is 676 g/mol. The second-order valence-electron chi connectivity index (χ2n) is 11.1. The average Bonchev–Trinajstić information content (AvgIpc) is 3.00. The molecule has 4 rings (SSSR count). The predicted octanol–water partition coefficient (Wildman–Crippen LogP) is 9.46. The highest BCUT2D eigenvalue weighted by Gasteiger charge is 2.44. The summed E-state index contributed by atoms with van der Waals surface area (Å²) >= 11 is 0. The van der Waals surface area contributed by atoms with Gasteiger partial charge >= 0.3 is 18.7 Å². The van der Waals surface area contributed by atoms with Crippen LogP contribution in [0, 0.1) is 17.5 Å². The van der Waals surface area contributed by atoms with E-state index >= 15 is 0 Å². The van der Waals surface area contributed by atoms with Gasteiger partial charge in [0.15, 0.2) is 11.6 Å². The molecule has 0 saturated heterocycles. The molecule has 4 aromatic rings. The molecule has 4 aromatic carbocycles. The van der Waals surface area contributed by atoms with Crippen molar-refractivity contribution in [1.82, 2.24) is 5.32 Å². The molecule has 1 atom stereocenters. The maximum Gasteiger partial charge on any atom is 0.461 e. The van der Waals surface area contributed by atoms with Crippen LogP contribution in [-0.4, -0.2) is 29.7 Å². The summed E-state index contributed by atoms with van der Waals surface area (Å²) < 4.78 is 147. The van der Waals surface area contributed by atoms with E-state index in [1.54, 1.807) is 13.8 Å². The first-order valence-electron chi connectivity index (χ1n) is 14.4. The molecule has 1 amide bonds. The molecule has 0 spiro atoms. The zero-order chi connectivity index (χ0) is 36.4. The Labute approximate surface area is 273 Å². The van der Waals surface area contributed by atoms with E-state index in [9.17, 15) is 53.8 Å². The van der Waals surface area contributed by atoms with Gasteiger partial charge in [0.25, 0.3) is 5.91 Å². The van der Waals surface area contributed by atoms with E-state index in [1.165, 1.54) is 31.2 Å². The molecule has 262 valence electrons. The molecular formula is C34H27F10NO4. The summed E-state index contributed by atoms with van der Waals surface area (Å²) in [5, 5.41) is 12.7. The van der Waals surface area contributed by atoms with Crippen molar-refractivity contribution >= 4 is 5.91 Å². The van der Waals surface area contributed by atoms with E-state index in [2.05, 4.69) is 10.1 Å². The van der Waals surface area contributed by atoms with Crippen molar-refractivity contribution in [1.29, 1.82) is 0 Å². The van der Waals surface area contributed by atoms with Crippen molar-refractivity contribution in [3.05, 3.63) is 106 Å². The molecule has 0 aromatic heterocycles. The first kappa shape index (κ1) is 37.0. The Bertz CT molecular complexity index is 1840. The largest absolute Gasteiger partial charge is 0.488 e. The standard InChI is InChI=1S/C34H27F10NO4/c1-16(2)48-28-13-18(5-9-27(28)37)29-20(15-46)4-7-24(17(3)45-31(47)19-6-8-26(36)25(12-19)33(40,41)42)30(29)21-10-22(35)14-23(11-21)49-34(43,44)32(38)39/h4-14,16-17,32,46H,15H2,1-3H3,(H,45,47). The Balaban J connectivity index is 1.95. The molecule has 5 nitrogen and oxygen atoms in total. The Kier molecular flexibility index (Phi) is 10.9. The second-order valence-corrected chi connectivity index (χ2v) is 11.1. The van der Waals surface area contributed by atoms with E-state index in [-0.39, 0.29) is 39.1 Å². The summed E-state index contributed by atoms with van der Waals surface area (Å²) in [6, 6.07) is 8.59. The van der Waals surface area contributed by atoms with Crippen LogP contribution in [0.25, 0.3) is 22.3 Å². The fraction of sp³-hybridized carbons (Fsp3) is 0.265. The van der Waals surface area contributed by atoms with Gasteiger partial charge in [-0.3, -0.25) is 4.79 Å². The number of rotatable bonds is 11. The van der Waals surface area contributed by atoms with Gasteiger partial charge in [0.2, 0.25) is 0 Å². The fourth-order valence-electron chi connectivity index (χ4n) is 5.01. The number of nitrogens with one attached hydrogen (secondary N) is 1. The smallest absolute Gasteiger partial charge is 0.461 e. The predicted molar refractivity (Wildman–Crippen MR) is 158 cm³/mol. The topological polar surface area (TPSA) is 67.8 Å². The van der Waals surface area contributed by atoms with Gasteiger partial charge in [-0.15, -0.1) is 0 Å². The number of aliphatic hydroxyl groups is 1. The minimum Gasteiger partial charge on any atom is -0.488 e. The lowest BCUT2D eigenvalue weighted by molar-refractivity contribution is -0.253. The van der Waals surface area contributed by atoms with Gasteiger partial charge in [-0.1, -0.05) is 18.2 Å². The van der Waals surface area contributed by atoms with Gasteiger partial charge < -0.3 is 19.9 Å². The van der Waals surface area contributed by atoms with Crippen molar-refractivity contribution in [3.63, 3.8) is 0 Å². The normalized spacial score (nSPS) is 12.7. The third kappa shape index (κ3) is 8.45. The lowest BCUT2D eigenvalue weighted by atomic mass is 9.84. The Morgan fingerprint density at radius 3 is 2.10 bits per heavy atom. The molecule has 0 fully saturated rings. The van der Waals surface area contributed by atoms with Crippen molar-refractivity contribution in [2.24, 2.45) is 0 Å². The lowest BCUT2D eigenvalue weighted by Crippen LogP contribution is -2.33. The van der Waals surface area contributed by atoms with Crippen molar-refractivity contribution < 1.29 is 63.3 Å². The number of aliphatic hydroxyl groups excluding tert-OH is 1. The van der Waals surface area contributed by atoms with Crippen LogP contribution in [-0.2, 0) is 12.8 Å². The van der Waals surface area contributed by atoms with Crippen LogP contribution in [0.15, 0.2) is 66.7 Å². The molecule has 0 aliphatic heterocycles. The van der Waals surface area contributed by atoms with Crippen LogP contribution in [0.1, 0.15) is 53.9 Å². The summed E-state index contributed by atoms with van der Waals surface area (Å²) in [5.41, 5.74) is -2.35. The third-order valence-corrected chi connectivity index (χ3v) is 7.09. The van der Waals surface area contributed by atoms with E-state index in [4.69, 9.17) is 4.74 Å². The quantitative estimate of drug-likeness (QED) is 0.153. The monoisotopic (exact) mass is 703 g/mol. The summed E-state index contributed by atoms with van der Waals surface area (Å²) in [4.78, 5) is 13.1. The molecule has 0 heterocycles. The molecule has 2 N–H and O–H groups in total. The van der Waals surface area contributed by atoms with Crippen molar-refractivity contribution in [2.45, 2.75) is 58.2 Å². The molecule has 0 radical (unpaired) electrons. The first-order valence-corrected chi connectivity index (χ1v) is 14.4. The fourth-order valence-corrected chi connectivity index (χ4v) is 5.01. The van der Waals surface area contributed by atoms with E-state index in [0.717, 1.165) is 24.3 Å². The molecule has 49 heavy (non-hydrogen) atoms. The number of amides is 1. The number of hydrogen-bond donors (Lipinski definition) is 2. The molecule has 0 aliphatic rings. The number of alkyl halides is 7. The highest BCUT2D eigenvalue weighted by molar-refractivity contribution is 5.95. The van der Waals surface area contributed by atoms with Crippen LogP contribution in [0.4, 0.5) is 43.9 Å². The van der Waals surface area contributed by atoms with E-state index in [0.29, 0.717) is 18.2 Å². The van der Waals surface area contributed by atoms with Crippen LogP contribution in [0.3, 0.4) is 0 Å². The highest BCUT2D eigenvalue weighted by Crippen LogP contribution is 2.43. The van der Waals surface area contributed by atoms with Crippen LogP contribution >= 0.6 is 0 Å². The number of carbonyl (C=O) groups is 1. The number of halogens is 10. The van der Waals surface area contributed by atoms with Crippen molar-refractivity contribution in [2.75, 3.05) is 0 Å². The molecule has 0 saturated carbocycles. The molecule has 1 unspecified atom stereocenters. The van der Waals surface area contributed by atoms with Crippen LogP contribution in [0.5, 0.6) is 11.5 Å². The van der Waals surface area contributed by atoms with Crippen LogP contribution in [0.2, 0.25) is 0 Å². The zero-order valence-corrected chi connectivity index (χ0v) is 25.7. The zero-order valence-electron chi connectivity index (χ0n) is 25.7. The van der Waals surface area contributed by atoms with Gasteiger partial charge in [0.05, 0.1) is 24.3 Å². The molecule has 15 heteroatoms. The first-order chi connectivity index (χ1) is 22.8. The third-order valence-electron chi connectivity index (χ3n) is 7.09. The molecule has 0 bridgehead atoms. The van der Waals surface area contributed by atoms with Gasteiger partial charge in [0.1, 0.15) is 17.4 Å². The van der Waals surface area contributed by atoms with Crippen molar-refractivity contribution in [3.8, 4) is 33.8 Å². The van der Waals surface area contributed by atoms with Gasteiger partial charge in [-0.05, 0) is 96.6 Å². The number of benzene rings is 4.